The molecule has 1 aromatic heterocycles. The highest BCUT2D eigenvalue weighted by Crippen LogP contribution is 2.31. The third kappa shape index (κ3) is 5.00. The fraction of sp³-hybridized carbons (Fsp3) is 0.538. The lowest BCUT2D eigenvalue weighted by Crippen LogP contribution is -2.45. The van der Waals surface area contributed by atoms with Crippen molar-refractivity contribution in [3.63, 3.8) is 0 Å². The summed E-state index contributed by atoms with van der Waals surface area (Å²) in [7, 11) is 0. The lowest BCUT2D eigenvalue weighted by Gasteiger charge is -2.29. The molecular formula is C26H33N3O5. The van der Waals surface area contributed by atoms with E-state index >= 15 is 0 Å². The summed E-state index contributed by atoms with van der Waals surface area (Å²) >= 11 is 0. The van der Waals surface area contributed by atoms with Crippen molar-refractivity contribution in [2.24, 2.45) is 4.99 Å². The number of rotatable bonds is 6. The molecule has 8 nitrogen and oxygen atoms in total. The molecule has 0 atom stereocenters. The number of esters is 1. The maximum Gasteiger partial charge on any atom is 0.338 e. The zero-order chi connectivity index (χ0) is 24.1. The summed E-state index contributed by atoms with van der Waals surface area (Å²) in [5, 5.41) is 11.1. The van der Waals surface area contributed by atoms with E-state index in [1.54, 1.807) is 31.2 Å². The SMILES string of the molecule is CCOC(=O)c1ccc(N=Cc2c(O)n(C3CCCCC3)c(=O)n(C3CCCCC3)c2=O)cc1. The van der Waals surface area contributed by atoms with Crippen LogP contribution in [-0.2, 0) is 4.74 Å². The number of aromatic hydroxyl groups is 1. The monoisotopic (exact) mass is 467 g/mol. The molecule has 34 heavy (non-hydrogen) atoms. The normalized spacial score (nSPS) is 17.8. The predicted octanol–water partition coefficient (Wildman–Crippen LogP) is 4.65. The standard InChI is InChI=1S/C26H33N3O5/c1-2-34-25(32)18-13-15-19(16-14-18)27-17-22-23(30)28(20-9-5-3-6-10-20)26(33)29(24(22)31)21-11-7-4-8-12-21/h13-17,20-21,30H,2-12H2,1H3. The highest BCUT2D eigenvalue weighted by atomic mass is 16.5. The van der Waals surface area contributed by atoms with Gasteiger partial charge in [0.05, 0.1) is 17.9 Å². The van der Waals surface area contributed by atoms with E-state index in [1.807, 2.05) is 0 Å². The second-order valence-electron chi connectivity index (χ2n) is 9.17. The number of aromatic nitrogens is 2. The van der Waals surface area contributed by atoms with Crippen molar-refractivity contribution < 1.29 is 14.6 Å². The Hall–Kier alpha value is -3.16. The Balaban J connectivity index is 1.74. The van der Waals surface area contributed by atoms with Gasteiger partial charge in [-0.2, -0.15) is 0 Å². The number of carbonyl (C=O) groups excluding carboxylic acids is 1. The summed E-state index contributed by atoms with van der Waals surface area (Å²) in [6.07, 6.45) is 10.7. The van der Waals surface area contributed by atoms with E-state index in [2.05, 4.69) is 4.99 Å². The number of ether oxygens (including phenoxy) is 1. The average Bonchev–Trinajstić information content (AvgIpc) is 2.86. The van der Waals surface area contributed by atoms with Crippen molar-refractivity contribution >= 4 is 17.9 Å². The first-order valence-electron chi connectivity index (χ1n) is 12.4. The van der Waals surface area contributed by atoms with Crippen molar-refractivity contribution in [2.45, 2.75) is 83.2 Å². The molecule has 1 aromatic carbocycles. The zero-order valence-electron chi connectivity index (χ0n) is 19.7. The molecule has 0 amide bonds. The molecule has 0 saturated heterocycles. The van der Waals surface area contributed by atoms with Gasteiger partial charge in [-0.3, -0.25) is 18.9 Å². The number of benzene rings is 1. The van der Waals surface area contributed by atoms with E-state index < -0.39 is 17.2 Å². The Morgan fingerprint density at radius 3 is 2.09 bits per heavy atom. The van der Waals surface area contributed by atoms with Crippen molar-refractivity contribution in [3.05, 3.63) is 56.2 Å². The van der Waals surface area contributed by atoms with Gasteiger partial charge in [-0.15, -0.1) is 0 Å². The van der Waals surface area contributed by atoms with Crippen LogP contribution in [0, 0.1) is 0 Å². The van der Waals surface area contributed by atoms with Crippen molar-refractivity contribution in [1.82, 2.24) is 9.13 Å². The molecule has 0 unspecified atom stereocenters. The predicted molar refractivity (Wildman–Crippen MR) is 131 cm³/mol. The molecule has 0 radical (unpaired) electrons. The first-order chi connectivity index (χ1) is 16.5. The molecule has 1 N–H and O–H groups in total. The highest BCUT2D eigenvalue weighted by Gasteiger charge is 2.28. The van der Waals surface area contributed by atoms with Gasteiger partial charge in [0.1, 0.15) is 5.56 Å². The van der Waals surface area contributed by atoms with Gasteiger partial charge in [-0.1, -0.05) is 38.5 Å². The van der Waals surface area contributed by atoms with Crippen molar-refractivity contribution in [1.29, 1.82) is 0 Å². The molecule has 0 spiro atoms. The molecular weight excluding hydrogens is 434 g/mol. The smallest absolute Gasteiger partial charge is 0.338 e. The maximum atomic E-state index is 13.5. The molecule has 8 heteroatoms. The third-order valence-electron chi connectivity index (χ3n) is 6.93. The fourth-order valence-corrected chi connectivity index (χ4v) is 5.13. The van der Waals surface area contributed by atoms with Crippen LogP contribution in [0.3, 0.4) is 0 Å². The molecule has 1 heterocycles. The van der Waals surface area contributed by atoms with Crippen LogP contribution in [0.4, 0.5) is 5.69 Å². The lowest BCUT2D eigenvalue weighted by atomic mass is 9.94. The summed E-state index contributed by atoms with van der Waals surface area (Å²) in [6.45, 7) is 2.04. The van der Waals surface area contributed by atoms with Gasteiger partial charge >= 0.3 is 11.7 Å². The molecule has 2 aromatic rings. The number of aliphatic imine (C=N–C) groups is 1. The Morgan fingerprint density at radius 2 is 1.53 bits per heavy atom. The van der Waals surface area contributed by atoms with E-state index in [4.69, 9.17) is 4.74 Å². The molecule has 2 aliphatic rings. The number of hydrogen-bond acceptors (Lipinski definition) is 6. The minimum atomic E-state index is -0.492. The van der Waals surface area contributed by atoms with Crippen LogP contribution in [-0.4, -0.2) is 33.0 Å². The Labute approximate surface area is 198 Å². The largest absolute Gasteiger partial charge is 0.494 e. The van der Waals surface area contributed by atoms with E-state index in [0.717, 1.165) is 64.2 Å². The Morgan fingerprint density at radius 1 is 0.971 bits per heavy atom. The van der Waals surface area contributed by atoms with E-state index in [9.17, 15) is 19.5 Å². The van der Waals surface area contributed by atoms with Gasteiger partial charge in [0, 0.05) is 18.3 Å². The highest BCUT2D eigenvalue weighted by molar-refractivity contribution is 5.90. The molecule has 4 rings (SSSR count). The van der Waals surface area contributed by atoms with Gasteiger partial charge in [-0.05, 0) is 56.9 Å². The van der Waals surface area contributed by atoms with Gasteiger partial charge < -0.3 is 9.84 Å². The Bertz CT molecular complexity index is 1150. The topological polar surface area (TPSA) is 103 Å². The summed E-state index contributed by atoms with van der Waals surface area (Å²) in [4.78, 5) is 43.1. The number of carbonyl (C=O) groups is 1. The van der Waals surface area contributed by atoms with Crippen molar-refractivity contribution in [3.8, 4) is 5.88 Å². The Kier molecular flexibility index (Phi) is 7.65. The van der Waals surface area contributed by atoms with Gasteiger partial charge in [0.2, 0.25) is 5.88 Å². The quantitative estimate of drug-likeness (QED) is 0.492. The van der Waals surface area contributed by atoms with Crippen molar-refractivity contribution in [2.75, 3.05) is 6.61 Å². The van der Waals surface area contributed by atoms with Crippen LogP contribution < -0.4 is 11.2 Å². The van der Waals surface area contributed by atoms with E-state index in [-0.39, 0.29) is 23.5 Å². The minimum absolute atomic E-state index is 0.0326. The van der Waals surface area contributed by atoms with Crippen LogP contribution in [0.15, 0.2) is 38.8 Å². The third-order valence-corrected chi connectivity index (χ3v) is 6.93. The van der Waals surface area contributed by atoms with Crippen LogP contribution in [0.5, 0.6) is 5.88 Å². The number of nitrogens with zero attached hydrogens (tertiary/aromatic N) is 3. The number of hydrogen-bond donors (Lipinski definition) is 1. The molecule has 2 saturated carbocycles. The van der Waals surface area contributed by atoms with Crippen LogP contribution in [0.2, 0.25) is 0 Å². The second kappa shape index (κ2) is 10.8. The molecule has 182 valence electrons. The maximum absolute atomic E-state index is 13.5. The fourth-order valence-electron chi connectivity index (χ4n) is 5.13. The first kappa shape index (κ1) is 24.0. The zero-order valence-corrected chi connectivity index (χ0v) is 19.7. The van der Waals surface area contributed by atoms with E-state index in [1.165, 1.54) is 15.3 Å². The first-order valence-corrected chi connectivity index (χ1v) is 12.4. The van der Waals surface area contributed by atoms with E-state index in [0.29, 0.717) is 17.9 Å². The average molecular weight is 468 g/mol. The molecule has 2 aliphatic carbocycles. The van der Waals surface area contributed by atoms with Gasteiger partial charge in [0.25, 0.3) is 5.56 Å². The van der Waals surface area contributed by atoms with Gasteiger partial charge in [-0.25, -0.2) is 9.59 Å². The van der Waals surface area contributed by atoms with Gasteiger partial charge in [0.15, 0.2) is 0 Å². The van der Waals surface area contributed by atoms with Crippen LogP contribution >= 0.6 is 0 Å². The summed E-state index contributed by atoms with van der Waals surface area (Å²) in [5.41, 5.74) is 0.0661. The van der Waals surface area contributed by atoms with Crippen LogP contribution in [0.25, 0.3) is 0 Å². The minimum Gasteiger partial charge on any atom is -0.494 e. The molecule has 0 aliphatic heterocycles. The molecule has 2 fully saturated rings. The molecule has 0 bridgehead atoms. The van der Waals surface area contributed by atoms with Crippen LogP contribution in [0.1, 0.15) is 99.1 Å². The summed E-state index contributed by atoms with van der Waals surface area (Å²) in [6, 6.07) is 6.24. The summed E-state index contributed by atoms with van der Waals surface area (Å²) in [5.74, 6) is -0.716. The lowest BCUT2D eigenvalue weighted by molar-refractivity contribution is 0.0526. The second-order valence-corrected chi connectivity index (χ2v) is 9.17. The summed E-state index contributed by atoms with van der Waals surface area (Å²) < 4.78 is 7.79.